The smallest absolute Gasteiger partial charge is 0.257 e. The summed E-state index contributed by atoms with van der Waals surface area (Å²) in [6, 6.07) is 6.58. The quantitative estimate of drug-likeness (QED) is 0.671. The van der Waals surface area contributed by atoms with Gasteiger partial charge in [-0.3, -0.25) is 9.69 Å². The molecule has 7 nitrogen and oxygen atoms in total. The first kappa shape index (κ1) is 18.8. The first-order valence-electron chi connectivity index (χ1n) is 9.16. The van der Waals surface area contributed by atoms with Gasteiger partial charge >= 0.3 is 0 Å². The van der Waals surface area contributed by atoms with E-state index >= 15 is 0 Å². The number of amides is 1. The van der Waals surface area contributed by atoms with Gasteiger partial charge in [-0.15, -0.1) is 0 Å². The van der Waals surface area contributed by atoms with Crippen molar-refractivity contribution in [2.24, 2.45) is 0 Å². The highest BCUT2D eigenvalue weighted by atomic mass is 16.3. The van der Waals surface area contributed by atoms with E-state index < -0.39 is 0 Å². The molecule has 27 heavy (non-hydrogen) atoms. The number of fused-ring (bicyclic) bond motifs is 1. The highest BCUT2D eigenvalue weighted by Gasteiger charge is 2.17. The van der Waals surface area contributed by atoms with Gasteiger partial charge in [-0.25, -0.2) is 9.50 Å². The summed E-state index contributed by atoms with van der Waals surface area (Å²) < 4.78 is 1.65. The number of benzene rings is 1. The topological polar surface area (TPSA) is 82.8 Å². The maximum absolute atomic E-state index is 12.7. The monoisotopic (exact) mass is 367 g/mol. The van der Waals surface area contributed by atoms with Gasteiger partial charge < -0.3 is 10.4 Å². The number of hydrogen-bond donors (Lipinski definition) is 2. The molecule has 0 fully saturated rings. The normalized spacial score (nSPS) is 12.4. The first-order chi connectivity index (χ1) is 13.0. The predicted molar refractivity (Wildman–Crippen MR) is 104 cm³/mol. The molecule has 1 atom stereocenters. The number of carbonyl (C=O) groups excluding carboxylic acids is 1. The van der Waals surface area contributed by atoms with Gasteiger partial charge in [0, 0.05) is 24.5 Å². The predicted octanol–water partition coefficient (Wildman–Crippen LogP) is 2.77. The third-order valence-electron chi connectivity index (χ3n) is 4.70. The molecule has 1 aromatic carbocycles. The lowest BCUT2D eigenvalue weighted by Gasteiger charge is -2.17. The number of rotatable bonds is 7. The number of aromatic hydroxyl groups is 1. The minimum absolute atomic E-state index is 0.199. The summed E-state index contributed by atoms with van der Waals surface area (Å²) in [5.74, 6) is -0.0285. The Balaban J connectivity index is 1.76. The first-order valence-corrected chi connectivity index (χ1v) is 9.16. The van der Waals surface area contributed by atoms with E-state index in [0.717, 1.165) is 30.8 Å². The second-order valence-corrected chi connectivity index (χ2v) is 6.54. The molecule has 2 N–H and O–H groups in total. The van der Waals surface area contributed by atoms with Crippen molar-refractivity contribution in [3.8, 4) is 5.75 Å². The Kier molecular flexibility index (Phi) is 5.71. The van der Waals surface area contributed by atoms with Crippen LogP contribution < -0.4 is 5.32 Å². The maximum Gasteiger partial charge on any atom is 0.257 e. The van der Waals surface area contributed by atoms with Crippen molar-refractivity contribution in [2.45, 2.75) is 33.4 Å². The highest BCUT2D eigenvalue weighted by Crippen LogP contribution is 2.18. The largest absolute Gasteiger partial charge is 0.508 e. The van der Waals surface area contributed by atoms with Gasteiger partial charge in [-0.2, -0.15) is 5.10 Å². The molecule has 2 aromatic heterocycles. The van der Waals surface area contributed by atoms with Crippen LogP contribution in [-0.2, 0) is 6.54 Å². The summed E-state index contributed by atoms with van der Waals surface area (Å²) in [6.45, 7) is 8.88. The third-order valence-corrected chi connectivity index (χ3v) is 4.70. The Labute approximate surface area is 158 Å². The maximum atomic E-state index is 12.7. The molecule has 142 valence electrons. The molecule has 0 saturated heterocycles. The van der Waals surface area contributed by atoms with Crippen molar-refractivity contribution in [3.05, 3.63) is 59.5 Å². The molecular formula is C20H25N5O2. The molecule has 3 rings (SSSR count). The van der Waals surface area contributed by atoms with E-state index in [9.17, 15) is 9.90 Å². The average Bonchev–Trinajstić information content (AvgIpc) is 3.09. The number of nitrogens with one attached hydrogen (secondary N) is 1. The molecule has 0 bridgehead atoms. The Morgan fingerprint density at radius 3 is 2.59 bits per heavy atom. The van der Waals surface area contributed by atoms with Crippen molar-refractivity contribution in [1.29, 1.82) is 0 Å². The standard InChI is InChI=1S/C20H25N5O2/c1-4-24(5-2)12-15-10-21-19-18(11-22-25(19)13-15)20(27)23-14(3)16-6-8-17(26)9-7-16/h6-11,13-14,26H,4-5,12H2,1-3H3,(H,23,27)/t14-/m0/s1. The van der Waals surface area contributed by atoms with Crippen molar-refractivity contribution in [2.75, 3.05) is 13.1 Å². The number of carbonyl (C=O) groups is 1. The summed E-state index contributed by atoms with van der Waals surface area (Å²) in [4.78, 5) is 19.4. The van der Waals surface area contributed by atoms with Crippen LogP contribution in [0.5, 0.6) is 5.75 Å². The summed E-state index contributed by atoms with van der Waals surface area (Å²) >= 11 is 0. The van der Waals surface area contributed by atoms with Crippen LogP contribution in [0.3, 0.4) is 0 Å². The van der Waals surface area contributed by atoms with Gasteiger partial charge in [0.25, 0.3) is 5.91 Å². The van der Waals surface area contributed by atoms with Gasteiger partial charge in [-0.1, -0.05) is 26.0 Å². The molecule has 0 saturated carbocycles. The molecule has 1 amide bonds. The highest BCUT2D eigenvalue weighted by molar-refractivity contribution is 5.99. The fourth-order valence-corrected chi connectivity index (χ4v) is 2.98. The molecule has 7 heteroatoms. The van der Waals surface area contributed by atoms with Gasteiger partial charge in [-0.05, 0) is 37.7 Å². The molecule has 2 heterocycles. The summed E-state index contributed by atoms with van der Waals surface area (Å²) in [7, 11) is 0. The zero-order valence-corrected chi connectivity index (χ0v) is 15.9. The summed E-state index contributed by atoms with van der Waals surface area (Å²) in [5, 5.41) is 16.6. The number of phenols is 1. The van der Waals surface area contributed by atoms with Gasteiger partial charge in [0.05, 0.1) is 12.2 Å². The molecule has 0 aliphatic heterocycles. The van der Waals surface area contributed by atoms with Gasteiger partial charge in [0.15, 0.2) is 5.65 Å². The number of hydrogen-bond acceptors (Lipinski definition) is 5. The molecule has 0 radical (unpaired) electrons. The molecule has 0 unspecified atom stereocenters. The van der Waals surface area contributed by atoms with E-state index in [0.29, 0.717) is 11.2 Å². The van der Waals surface area contributed by atoms with E-state index in [1.807, 2.05) is 13.1 Å². The fraction of sp³-hybridized carbons (Fsp3) is 0.350. The third kappa shape index (κ3) is 4.25. The van der Waals surface area contributed by atoms with E-state index in [1.54, 1.807) is 41.2 Å². The number of phenolic OH excluding ortho intramolecular Hbond substituents is 1. The summed E-state index contributed by atoms with van der Waals surface area (Å²) in [5.41, 5.74) is 2.94. The molecule has 3 aromatic rings. The van der Waals surface area contributed by atoms with Crippen LogP contribution in [0.2, 0.25) is 0 Å². The Morgan fingerprint density at radius 2 is 1.93 bits per heavy atom. The molecule has 0 spiro atoms. The number of nitrogens with zero attached hydrogens (tertiary/aromatic N) is 4. The lowest BCUT2D eigenvalue weighted by Crippen LogP contribution is -2.26. The SMILES string of the molecule is CCN(CC)Cc1cnc2c(C(=O)N[C@@H](C)c3ccc(O)cc3)cnn2c1. The van der Waals surface area contributed by atoms with E-state index in [1.165, 1.54) is 0 Å². The van der Waals surface area contributed by atoms with Crippen LogP contribution in [0.25, 0.3) is 5.65 Å². The summed E-state index contributed by atoms with van der Waals surface area (Å²) in [6.07, 6.45) is 5.26. The molecule has 0 aliphatic rings. The minimum atomic E-state index is -0.227. The minimum Gasteiger partial charge on any atom is -0.508 e. The van der Waals surface area contributed by atoms with Crippen molar-refractivity contribution in [3.63, 3.8) is 0 Å². The second kappa shape index (κ2) is 8.18. The lowest BCUT2D eigenvalue weighted by molar-refractivity contribution is 0.0941. The van der Waals surface area contributed by atoms with E-state index in [4.69, 9.17) is 0 Å². The van der Waals surface area contributed by atoms with Crippen LogP contribution >= 0.6 is 0 Å². The Hall–Kier alpha value is -2.93. The number of aromatic nitrogens is 3. The average molecular weight is 367 g/mol. The second-order valence-electron chi connectivity index (χ2n) is 6.54. The van der Waals surface area contributed by atoms with Crippen molar-refractivity contribution < 1.29 is 9.90 Å². The van der Waals surface area contributed by atoms with Gasteiger partial charge in [0.1, 0.15) is 11.3 Å². The van der Waals surface area contributed by atoms with Crippen LogP contribution in [0.4, 0.5) is 0 Å². The molecular weight excluding hydrogens is 342 g/mol. The lowest BCUT2D eigenvalue weighted by atomic mass is 10.1. The fourth-order valence-electron chi connectivity index (χ4n) is 2.98. The van der Waals surface area contributed by atoms with Crippen LogP contribution in [0.15, 0.2) is 42.9 Å². The van der Waals surface area contributed by atoms with E-state index in [2.05, 4.69) is 34.1 Å². The van der Waals surface area contributed by atoms with Crippen LogP contribution in [-0.4, -0.2) is 43.6 Å². The Bertz CT molecular complexity index is 916. The van der Waals surface area contributed by atoms with Crippen molar-refractivity contribution >= 4 is 11.6 Å². The zero-order chi connectivity index (χ0) is 19.4. The van der Waals surface area contributed by atoms with Crippen molar-refractivity contribution in [1.82, 2.24) is 24.8 Å². The van der Waals surface area contributed by atoms with Crippen LogP contribution in [0, 0.1) is 0 Å². The Morgan fingerprint density at radius 1 is 1.22 bits per heavy atom. The molecule has 0 aliphatic carbocycles. The van der Waals surface area contributed by atoms with E-state index in [-0.39, 0.29) is 17.7 Å². The van der Waals surface area contributed by atoms with Gasteiger partial charge in [0.2, 0.25) is 0 Å². The van der Waals surface area contributed by atoms with Crippen LogP contribution in [0.1, 0.15) is 48.3 Å². The zero-order valence-electron chi connectivity index (χ0n) is 15.9.